The number of hydrogen-bond acceptors (Lipinski definition) is 4. The van der Waals surface area contributed by atoms with Crippen molar-refractivity contribution in [2.45, 2.75) is 97.9 Å². The van der Waals surface area contributed by atoms with Crippen molar-refractivity contribution >= 4 is 27.7 Å². The average Bonchev–Trinajstić information content (AvgIpc) is 3.54. The summed E-state index contributed by atoms with van der Waals surface area (Å²) >= 11 is 0. The van der Waals surface area contributed by atoms with Crippen molar-refractivity contribution in [1.82, 2.24) is 9.55 Å². The van der Waals surface area contributed by atoms with E-state index in [0.29, 0.717) is 17.1 Å². The van der Waals surface area contributed by atoms with Crippen LogP contribution in [0.15, 0.2) is 65.8 Å². The number of benzene rings is 3. The van der Waals surface area contributed by atoms with Gasteiger partial charge in [-0.3, -0.25) is 4.99 Å². The van der Waals surface area contributed by atoms with Gasteiger partial charge in [-0.15, -0.1) is 29.1 Å². The molecule has 0 radical (unpaired) electrons. The zero-order valence-electron chi connectivity index (χ0n) is 31.5. The van der Waals surface area contributed by atoms with Crippen molar-refractivity contribution in [2.24, 2.45) is 4.99 Å². The van der Waals surface area contributed by atoms with E-state index in [4.69, 9.17) is 18.6 Å². The molecule has 0 spiro atoms. The van der Waals surface area contributed by atoms with E-state index in [1.807, 2.05) is 24.4 Å². The fourth-order valence-corrected chi connectivity index (χ4v) is 5.60. The van der Waals surface area contributed by atoms with Crippen LogP contribution in [0.4, 0.5) is 0 Å². The molecule has 46 heavy (non-hydrogen) atoms. The maximum atomic E-state index is 7.98. The van der Waals surface area contributed by atoms with Gasteiger partial charge in [-0.25, -0.2) is 4.98 Å². The summed E-state index contributed by atoms with van der Waals surface area (Å²) in [5, 5.41) is 2.18. The van der Waals surface area contributed by atoms with E-state index < -0.39 is 12.4 Å². The molecular weight excluding hydrogens is 750 g/mol. The number of nitrogens with zero attached hydrogens (tertiary/aromatic N) is 3. The minimum absolute atomic E-state index is 0. The van der Waals surface area contributed by atoms with Gasteiger partial charge in [-0.05, 0) is 64.7 Å². The van der Waals surface area contributed by atoms with Crippen LogP contribution < -0.4 is 4.74 Å². The van der Waals surface area contributed by atoms with E-state index in [1.54, 1.807) is 6.92 Å². The number of hydrogen-bond donors (Lipinski definition) is 0. The van der Waals surface area contributed by atoms with Crippen molar-refractivity contribution < 1.29 is 34.7 Å². The van der Waals surface area contributed by atoms with Gasteiger partial charge in [0.2, 0.25) is 0 Å². The summed E-state index contributed by atoms with van der Waals surface area (Å²) in [5.41, 5.74) is 4.25. The Morgan fingerprint density at radius 3 is 2.15 bits per heavy atom. The molecule has 0 N–H and O–H groups in total. The molecule has 0 amide bonds. The van der Waals surface area contributed by atoms with Gasteiger partial charge in [0, 0.05) is 27.3 Å². The van der Waals surface area contributed by atoms with Crippen LogP contribution in [0.25, 0.3) is 27.6 Å². The minimum atomic E-state index is -2.30. The van der Waals surface area contributed by atoms with Crippen LogP contribution in [-0.4, -0.2) is 27.6 Å². The molecule has 2 aromatic heterocycles. The van der Waals surface area contributed by atoms with E-state index in [-0.39, 0.29) is 49.8 Å². The molecule has 1 atom stereocenters. The summed E-state index contributed by atoms with van der Waals surface area (Å²) in [6.07, 6.45) is 1.87. The normalized spacial score (nSPS) is 18.4. The molecular formula is C40H45N3O2Pt. The molecule has 0 saturated carbocycles. The molecule has 1 aliphatic heterocycles. The smallest absolute Gasteiger partial charge is 0.518 e. The molecule has 242 valence electrons. The van der Waals surface area contributed by atoms with Crippen molar-refractivity contribution in [2.75, 3.05) is 6.61 Å². The Bertz CT molecular complexity index is 2080. The van der Waals surface area contributed by atoms with E-state index in [2.05, 4.69) is 120 Å². The van der Waals surface area contributed by atoms with Gasteiger partial charge in [-0.1, -0.05) is 97.7 Å². The standard InChI is InChI=1S/C40H45N3O2.Pt/c1-37(2,3)26-12-15-33-32(21-26)31-14-13-29(23-34(31)43(33)35-22-27(16-17-41-35)38(4,5)6)45-30-19-25(18-28(20-30)39(7,8)9)36-42-40(10,11)24-44-36;/h12-18,20-22H,24H2,1-11H3;/q-2;+2/i10D3;/t40-;/m0./s1. The Morgan fingerprint density at radius 1 is 0.804 bits per heavy atom. The second-order valence-electron chi connectivity index (χ2n) is 15.5. The van der Waals surface area contributed by atoms with Gasteiger partial charge in [0.1, 0.15) is 18.3 Å². The molecule has 0 saturated heterocycles. The summed E-state index contributed by atoms with van der Waals surface area (Å²) in [4.78, 5) is 9.35. The number of aromatic nitrogens is 2. The van der Waals surface area contributed by atoms with Gasteiger partial charge < -0.3 is 14.0 Å². The van der Waals surface area contributed by atoms with Gasteiger partial charge >= 0.3 is 21.1 Å². The van der Waals surface area contributed by atoms with Gasteiger partial charge in [-0.2, -0.15) is 6.07 Å². The van der Waals surface area contributed by atoms with E-state index in [0.717, 1.165) is 33.2 Å². The van der Waals surface area contributed by atoms with Crippen LogP contribution in [0.3, 0.4) is 0 Å². The molecule has 5 nitrogen and oxygen atoms in total. The Morgan fingerprint density at radius 2 is 1.50 bits per heavy atom. The van der Waals surface area contributed by atoms with E-state index in [1.165, 1.54) is 11.1 Å². The maximum absolute atomic E-state index is 7.98. The van der Waals surface area contributed by atoms with Gasteiger partial charge in [0.05, 0.1) is 5.54 Å². The zero-order valence-corrected chi connectivity index (χ0v) is 30.7. The van der Waals surface area contributed by atoms with Crippen molar-refractivity contribution in [1.29, 1.82) is 0 Å². The van der Waals surface area contributed by atoms with Crippen molar-refractivity contribution in [3.8, 4) is 17.3 Å². The first kappa shape index (κ1) is 29.9. The molecule has 3 aromatic carbocycles. The summed E-state index contributed by atoms with van der Waals surface area (Å²) in [6, 6.07) is 25.7. The molecule has 0 bridgehead atoms. The van der Waals surface area contributed by atoms with Crippen LogP contribution in [0.5, 0.6) is 11.5 Å². The summed E-state index contributed by atoms with van der Waals surface area (Å²) < 4.78 is 38.5. The van der Waals surface area contributed by atoms with Gasteiger partial charge in [0.15, 0.2) is 0 Å². The zero-order chi connectivity index (χ0) is 35.0. The van der Waals surface area contributed by atoms with Crippen LogP contribution in [0, 0.1) is 12.1 Å². The van der Waals surface area contributed by atoms with E-state index in [9.17, 15) is 0 Å². The fourth-order valence-electron chi connectivity index (χ4n) is 5.60. The van der Waals surface area contributed by atoms with E-state index >= 15 is 0 Å². The number of rotatable bonds is 4. The summed E-state index contributed by atoms with van der Waals surface area (Å²) in [5.74, 6) is 2.05. The third-order valence-corrected chi connectivity index (χ3v) is 8.35. The molecule has 3 heterocycles. The number of pyridine rings is 1. The molecule has 6 rings (SSSR count). The number of aliphatic imine (C=N–C) groups is 1. The fraction of sp³-hybridized carbons (Fsp3) is 0.400. The SMILES string of the molecule is [2H]C([2H])([2H])[C@]1(C)COC(c2[c-]c(Oc3[c-]c4c(cc3)c3cc(C(C)(C)C)ccc3n4-c3cc(C(C)(C)C)ccn3)cc(C(C)(C)C)c2)=N1.[Pt+2]. The van der Waals surface area contributed by atoms with Crippen LogP contribution in [0.1, 0.15) is 102 Å². The Kier molecular flexibility index (Phi) is 7.59. The topological polar surface area (TPSA) is 48.6 Å². The first-order valence-electron chi connectivity index (χ1n) is 17.1. The molecule has 5 aromatic rings. The molecule has 0 aliphatic carbocycles. The average molecular weight is 798 g/mol. The first-order valence-corrected chi connectivity index (χ1v) is 15.6. The Hall–Kier alpha value is -3.43. The second-order valence-corrected chi connectivity index (χ2v) is 15.5. The van der Waals surface area contributed by atoms with Gasteiger partial charge in [0.25, 0.3) is 0 Å². The van der Waals surface area contributed by atoms with Crippen LogP contribution in [-0.2, 0) is 42.0 Å². The third-order valence-electron chi connectivity index (χ3n) is 8.35. The van der Waals surface area contributed by atoms with Crippen LogP contribution in [0.2, 0.25) is 0 Å². The predicted octanol–water partition coefficient (Wildman–Crippen LogP) is 10.0. The first-order chi connectivity index (χ1) is 22.1. The monoisotopic (exact) mass is 797 g/mol. The number of fused-ring (bicyclic) bond motifs is 3. The van der Waals surface area contributed by atoms with Crippen molar-refractivity contribution in [3.05, 3.63) is 95.2 Å². The third kappa shape index (κ3) is 6.67. The Labute approximate surface area is 292 Å². The molecule has 0 fully saturated rings. The second kappa shape index (κ2) is 11.7. The van der Waals surface area contributed by atoms with Crippen LogP contribution >= 0.6 is 0 Å². The Balaban J connectivity index is 0.00000468. The summed E-state index contributed by atoms with van der Waals surface area (Å²) in [6.45, 7) is 18.9. The molecule has 6 heteroatoms. The number of ether oxygens (including phenoxy) is 2. The quantitative estimate of drug-likeness (QED) is 0.170. The van der Waals surface area contributed by atoms with Crippen molar-refractivity contribution in [3.63, 3.8) is 0 Å². The summed E-state index contributed by atoms with van der Waals surface area (Å²) in [7, 11) is 0. The maximum Gasteiger partial charge on any atom is 2.00 e. The predicted molar refractivity (Wildman–Crippen MR) is 185 cm³/mol. The largest absolute Gasteiger partial charge is 2.00 e. The minimum Gasteiger partial charge on any atom is -0.518 e. The molecule has 1 aliphatic rings. The molecule has 0 unspecified atom stereocenters.